The minimum Gasteiger partial charge on any atom is -0.366 e. The number of primary amides is 1. The highest BCUT2D eigenvalue weighted by molar-refractivity contribution is 6.34. The number of nitrogens with zero attached hydrogens (tertiary/aromatic N) is 1. The number of halogens is 1. The molecule has 0 unspecified atom stereocenters. The minimum atomic E-state index is -0.579. The maximum absolute atomic E-state index is 12.1. The molecule has 6 heteroatoms. The Bertz CT molecular complexity index is 555. The summed E-state index contributed by atoms with van der Waals surface area (Å²) >= 11 is 5.98. The summed E-state index contributed by atoms with van der Waals surface area (Å²) < 4.78 is 0. The van der Waals surface area contributed by atoms with Gasteiger partial charge in [0, 0.05) is 18.7 Å². The van der Waals surface area contributed by atoms with Crippen molar-refractivity contribution in [2.75, 3.05) is 25.0 Å². The summed E-state index contributed by atoms with van der Waals surface area (Å²) in [5.41, 5.74) is 6.04. The zero-order valence-electron chi connectivity index (χ0n) is 13.3. The van der Waals surface area contributed by atoms with Crippen molar-refractivity contribution in [3.63, 3.8) is 0 Å². The van der Waals surface area contributed by atoms with E-state index in [0.29, 0.717) is 12.1 Å². The van der Waals surface area contributed by atoms with E-state index in [1.165, 1.54) is 38.2 Å². The lowest BCUT2D eigenvalue weighted by Gasteiger charge is -2.24. The van der Waals surface area contributed by atoms with Crippen LogP contribution in [0.25, 0.3) is 0 Å². The molecule has 3 N–H and O–H groups in total. The van der Waals surface area contributed by atoms with Crippen molar-refractivity contribution in [1.29, 1.82) is 0 Å². The first-order valence-corrected chi connectivity index (χ1v) is 8.55. The molecule has 0 bridgehead atoms. The van der Waals surface area contributed by atoms with Gasteiger partial charge in [-0.25, -0.2) is 0 Å². The average molecular weight is 338 g/mol. The van der Waals surface area contributed by atoms with Crippen LogP contribution >= 0.6 is 11.6 Å². The summed E-state index contributed by atoms with van der Waals surface area (Å²) in [4.78, 5) is 25.6. The molecule has 0 aromatic heterocycles. The Hall–Kier alpha value is -1.59. The topological polar surface area (TPSA) is 75.4 Å². The van der Waals surface area contributed by atoms with Crippen LogP contribution < -0.4 is 11.1 Å². The van der Waals surface area contributed by atoms with Gasteiger partial charge < -0.3 is 16.0 Å². The van der Waals surface area contributed by atoms with Crippen LogP contribution in [-0.2, 0) is 4.79 Å². The molecule has 1 aromatic carbocycles. The van der Waals surface area contributed by atoms with Crippen LogP contribution in [0.2, 0.25) is 5.02 Å². The molecular formula is C17H24ClN3O2. The Labute approximate surface area is 142 Å². The van der Waals surface area contributed by atoms with Crippen LogP contribution in [0.3, 0.4) is 0 Å². The average Bonchev–Trinajstić information content (AvgIpc) is 2.45. The first kappa shape index (κ1) is 17.8. The molecule has 2 rings (SSSR count). The van der Waals surface area contributed by atoms with Crippen molar-refractivity contribution in [1.82, 2.24) is 4.90 Å². The van der Waals surface area contributed by atoms with Gasteiger partial charge in [-0.3, -0.25) is 9.59 Å². The van der Waals surface area contributed by atoms with E-state index in [-0.39, 0.29) is 16.5 Å². The largest absolute Gasteiger partial charge is 0.366 e. The normalized spacial score (nSPS) is 16.4. The van der Waals surface area contributed by atoms with E-state index in [1.807, 2.05) is 0 Å². The lowest BCUT2D eigenvalue weighted by molar-refractivity contribution is -0.116. The van der Waals surface area contributed by atoms with Gasteiger partial charge >= 0.3 is 0 Å². The molecule has 0 spiro atoms. The fourth-order valence-corrected chi connectivity index (χ4v) is 3.09. The number of hydrogen-bond donors (Lipinski definition) is 2. The highest BCUT2D eigenvalue weighted by Crippen LogP contribution is 2.20. The fraction of sp³-hybridized carbons (Fsp3) is 0.529. The number of nitrogens with two attached hydrogens (primary N) is 1. The Morgan fingerprint density at radius 3 is 2.39 bits per heavy atom. The van der Waals surface area contributed by atoms with Gasteiger partial charge in [0.2, 0.25) is 11.8 Å². The second kappa shape index (κ2) is 8.89. The molecule has 0 radical (unpaired) electrons. The quantitative estimate of drug-likeness (QED) is 0.867. The van der Waals surface area contributed by atoms with Crippen molar-refractivity contribution in [3.05, 3.63) is 28.8 Å². The number of carbonyl (C=O) groups is 2. The summed E-state index contributed by atoms with van der Waals surface area (Å²) in [6.45, 7) is 2.93. The molecule has 1 heterocycles. The van der Waals surface area contributed by atoms with Gasteiger partial charge in [0.05, 0.1) is 10.6 Å². The number of benzene rings is 1. The van der Waals surface area contributed by atoms with Crippen molar-refractivity contribution in [3.8, 4) is 0 Å². The summed E-state index contributed by atoms with van der Waals surface area (Å²) in [7, 11) is 0. The molecule has 0 saturated carbocycles. The molecule has 1 aliphatic heterocycles. The molecule has 1 aliphatic rings. The van der Waals surface area contributed by atoms with E-state index < -0.39 is 5.91 Å². The Kier molecular flexibility index (Phi) is 6.86. The number of carbonyl (C=O) groups excluding carboxylic acids is 2. The summed E-state index contributed by atoms with van der Waals surface area (Å²) in [6, 6.07) is 4.72. The number of nitrogens with one attached hydrogen (secondary N) is 1. The van der Waals surface area contributed by atoms with Crippen LogP contribution in [0.5, 0.6) is 0 Å². The van der Waals surface area contributed by atoms with E-state index in [9.17, 15) is 9.59 Å². The van der Waals surface area contributed by atoms with Crippen molar-refractivity contribution in [2.45, 2.75) is 38.5 Å². The highest BCUT2D eigenvalue weighted by Gasteiger charge is 2.12. The number of rotatable bonds is 5. The first-order chi connectivity index (χ1) is 11.1. The molecule has 2 amide bonds. The Balaban J connectivity index is 1.82. The summed E-state index contributed by atoms with van der Waals surface area (Å²) in [6.07, 6.45) is 6.78. The van der Waals surface area contributed by atoms with Crippen LogP contribution in [0.1, 0.15) is 48.9 Å². The van der Waals surface area contributed by atoms with Gasteiger partial charge in [0.15, 0.2) is 0 Å². The predicted molar refractivity (Wildman–Crippen MR) is 92.7 cm³/mol. The van der Waals surface area contributed by atoms with E-state index in [0.717, 1.165) is 19.6 Å². The Morgan fingerprint density at radius 2 is 1.78 bits per heavy atom. The van der Waals surface area contributed by atoms with Gasteiger partial charge in [-0.1, -0.05) is 30.9 Å². The summed E-state index contributed by atoms with van der Waals surface area (Å²) in [5, 5.41) is 3.06. The van der Waals surface area contributed by atoms with Crippen LogP contribution in [0, 0.1) is 0 Å². The second-order valence-electron chi connectivity index (χ2n) is 5.97. The molecule has 23 heavy (non-hydrogen) atoms. The smallest absolute Gasteiger partial charge is 0.250 e. The third-order valence-corrected chi connectivity index (χ3v) is 4.43. The van der Waals surface area contributed by atoms with E-state index in [4.69, 9.17) is 17.3 Å². The van der Waals surface area contributed by atoms with Gasteiger partial charge in [-0.05, 0) is 44.1 Å². The lowest BCUT2D eigenvalue weighted by atomic mass is 10.1. The maximum Gasteiger partial charge on any atom is 0.250 e. The monoisotopic (exact) mass is 337 g/mol. The van der Waals surface area contributed by atoms with Crippen molar-refractivity contribution >= 4 is 29.1 Å². The number of hydrogen-bond acceptors (Lipinski definition) is 3. The van der Waals surface area contributed by atoms with Crippen LogP contribution in [0.4, 0.5) is 5.69 Å². The van der Waals surface area contributed by atoms with E-state index in [2.05, 4.69) is 10.2 Å². The molecule has 0 aliphatic carbocycles. The fourth-order valence-electron chi connectivity index (χ4n) is 2.81. The lowest BCUT2D eigenvalue weighted by Crippen LogP contribution is -2.30. The van der Waals surface area contributed by atoms with Gasteiger partial charge in [-0.2, -0.15) is 0 Å². The van der Waals surface area contributed by atoms with Crippen LogP contribution in [0.15, 0.2) is 18.2 Å². The van der Waals surface area contributed by atoms with Gasteiger partial charge in [0.1, 0.15) is 0 Å². The molecule has 126 valence electrons. The first-order valence-electron chi connectivity index (χ1n) is 8.18. The molecular weight excluding hydrogens is 314 g/mol. The highest BCUT2D eigenvalue weighted by atomic mass is 35.5. The standard InChI is InChI=1S/C17H24ClN3O2/c18-15-12-13(6-7-14(15)17(19)23)20-16(22)8-11-21-9-4-2-1-3-5-10-21/h6-7,12H,1-5,8-11H2,(H2,19,23)(H,20,22). The third kappa shape index (κ3) is 5.84. The Morgan fingerprint density at radius 1 is 1.13 bits per heavy atom. The van der Waals surface area contributed by atoms with Crippen LogP contribution in [-0.4, -0.2) is 36.3 Å². The second-order valence-corrected chi connectivity index (χ2v) is 6.37. The maximum atomic E-state index is 12.1. The van der Waals surface area contributed by atoms with Crippen molar-refractivity contribution in [2.24, 2.45) is 5.73 Å². The molecule has 5 nitrogen and oxygen atoms in total. The number of anilines is 1. The van der Waals surface area contributed by atoms with Gasteiger partial charge in [0.25, 0.3) is 0 Å². The zero-order chi connectivity index (χ0) is 16.7. The molecule has 0 atom stereocenters. The predicted octanol–water partition coefficient (Wildman–Crippen LogP) is 3.03. The van der Waals surface area contributed by atoms with E-state index >= 15 is 0 Å². The molecule has 1 fully saturated rings. The third-order valence-electron chi connectivity index (χ3n) is 4.12. The van der Waals surface area contributed by atoms with E-state index in [1.54, 1.807) is 12.1 Å². The van der Waals surface area contributed by atoms with Crippen molar-refractivity contribution < 1.29 is 9.59 Å². The minimum absolute atomic E-state index is 0.0463. The SMILES string of the molecule is NC(=O)c1ccc(NC(=O)CCN2CCCCCCC2)cc1Cl. The number of likely N-dealkylation sites (tertiary alicyclic amines) is 1. The zero-order valence-corrected chi connectivity index (χ0v) is 14.1. The summed E-state index contributed by atoms with van der Waals surface area (Å²) in [5.74, 6) is -0.625. The number of amides is 2. The van der Waals surface area contributed by atoms with Gasteiger partial charge in [-0.15, -0.1) is 0 Å². The molecule has 1 saturated heterocycles. The molecule has 1 aromatic rings.